The van der Waals surface area contributed by atoms with E-state index in [-0.39, 0.29) is 24.1 Å². The first kappa shape index (κ1) is 27.8. The molecule has 4 rings (SSSR count). The predicted octanol–water partition coefficient (Wildman–Crippen LogP) is 4.52. The van der Waals surface area contributed by atoms with E-state index in [0.29, 0.717) is 43.9 Å². The molecule has 0 radical (unpaired) electrons. The quantitative estimate of drug-likeness (QED) is 0.241. The fourth-order valence-corrected chi connectivity index (χ4v) is 5.22. The molecule has 0 aliphatic rings. The Morgan fingerprint density at radius 2 is 1.92 bits per heavy atom. The topological polar surface area (TPSA) is 133 Å². The Labute approximate surface area is 239 Å². The van der Waals surface area contributed by atoms with E-state index in [0.717, 1.165) is 21.2 Å². The van der Waals surface area contributed by atoms with Gasteiger partial charge in [0, 0.05) is 10.5 Å². The highest BCUT2D eigenvalue weighted by molar-refractivity contribution is 9.10. The van der Waals surface area contributed by atoms with Crippen LogP contribution in [0.1, 0.15) is 21.2 Å². The maximum absolute atomic E-state index is 12.9. The summed E-state index contributed by atoms with van der Waals surface area (Å²) in [5.41, 5.74) is 0.883. The molecule has 198 valence electrons. The van der Waals surface area contributed by atoms with Crippen LogP contribution in [0.25, 0.3) is 5.69 Å². The molecule has 38 heavy (non-hydrogen) atoms. The Bertz CT molecular complexity index is 1480. The molecule has 2 aromatic carbocycles. The molecule has 4 aromatic rings. The highest BCUT2D eigenvalue weighted by atomic mass is 79.9. The number of thioether (sulfide) groups is 1. The second-order valence-electron chi connectivity index (χ2n) is 7.54. The predicted molar refractivity (Wildman–Crippen MR) is 149 cm³/mol. The summed E-state index contributed by atoms with van der Waals surface area (Å²) < 4.78 is 13.4. The van der Waals surface area contributed by atoms with E-state index in [1.165, 1.54) is 18.4 Å². The van der Waals surface area contributed by atoms with Crippen molar-refractivity contribution in [2.75, 3.05) is 25.3 Å². The Hall–Kier alpha value is -3.20. The standard InChI is InChI=1S/C23H21BrClN7O4S2/c1-12-28-30-22(38-12)27-20(33)11-37-23-31-29-19(10-26-21(34)15-8-13(24)4-6-16(15)25)32(23)17-9-14(35-2)5-7-18(17)36-3/h4-9H,10-11H2,1-3H3,(H,26,34)(H,27,30,33). The molecule has 0 bridgehead atoms. The van der Waals surface area contributed by atoms with Gasteiger partial charge in [0.15, 0.2) is 11.0 Å². The third-order valence-electron chi connectivity index (χ3n) is 5.01. The van der Waals surface area contributed by atoms with E-state index in [1.807, 2.05) is 0 Å². The van der Waals surface area contributed by atoms with E-state index in [2.05, 4.69) is 47.0 Å². The largest absolute Gasteiger partial charge is 0.497 e. The van der Waals surface area contributed by atoms with Gasteiger partial charge in [0.2, 0.25) is 11.0 Å². The molecule has 2 N–H and O–H groups in total. The number of nitrogens with zero attached hydrogens (tertiary/aromatic N) is 5. The molecule has 11 nitrogen and oxygen atoms in total. The Kier molecular flexibility index (Phi) is 9.20. The Morgan fingerprint density at radius 1 is 1.11 bits per heavy atom. The summed E-state index contributed by atoms with van der Waals surface area (Å²) in [6.07, 6.45) is 0. The van der Waals surface area contributed by atoms with Crippen molar-refractivity contribution in [2.24, 2.45) is 0 Å². The second kappa shape index (κ2) is 12.6. The highest BCUT2D eigenvalue weighted by Gasteiger charge is 2.21. The van der Waals surface area contributed by atoms with Gasteiger partial charge in [-0.25, -0.2) is 0 Å². The van der Waals surface area contributed by atoms with E-state index >= 15 is 0 Å². The summed E-state index contributed by atoms with van der Waals surface area (Å²) >= 11 is 12.0. The molecule has 2 heterocycles. The zero-order valence-electron chi connectivity index (χ0n) is 20.3. The van der Waals surface area contributed by atoms with Crippen LogP contribution >= 0.6 is 50.6 Å². The monoisotopic (exact) mass is 637 g/mol. The molecule has 0 unspecified atom stereocenters. The van der Waals surface area contributed by atoms with Gasteiger partial charge < -0.3 is 14.8 Å². The van der Waals surface area contributed by atoms with Gasteiger partial charge in [-0.1, -0.05) is 50.6 Å². The first-order valence-corrected chi connectivity index (χ1v) is 13.9. The van der Waals surface area contributed by atoms with Crippen molar-refractivity contribution in [3.63, 3.8) is 0 Å². The number of rotatable bonds is 10. The number of hydrogen-bond acceptors (Lipinski definition) is 10. The van der Waals surface area contributed by atoms with E-state index < -0.39 is 0 Å². The first-order valence-electron chi connectivity index (χ1n) is 10.9. The normalized spacial score (nSPS) is 10.8. The summed E-state index contributed by atoms with van der Waals surface area (Å²) in [5.74, 6) is 0.860. The maximum Gasteiger partial charge on any atom is 0.253 e. The Balaban J connectivity index is 1.61. The number of amides is 2. The van der Waals surface area contributed by atoms with Crippen LogP contribution in [0.4, 0.5) is 5.13 Å². The molecular weight excluding hydrogens is 618 g/mol. The fourth-order valence-electron chi connectivity index (χ4n) is 3.28. The van der Waals surface area contributed by atoms with Crippen molar-refractivity contribution in [3.05, 3.63) is 62.3 Å². The van der Waals surface area contributed by atoms with Gasteiger partial charge in [0.1, 0.15) is 16.5 Å². The van der Waals surface area contributed by atoms with Gasteiger partial charge in [0.05, 0.1) is 42.8 Å². The minimum absolute atomic E-state index is 0.0197. The van der Waals surface area contributed by atoms with Gasteiger partial charge in [-0.15, -0.1) is 20.4 Å². The third-order valence-corrected chi connectivity index (χ3v) is 7.52. The number of aryl methyl sites for hydroxylation is 1. The zero-order chi connectivity index (χ0) is 27.2. The summed E-state index contributed by atoms with van der Waals surface area (Å²) in [6.45, 7) is 1.82. The van der Waals surface area contributed by atoms with E-state index in [1.54, 1.807) is 55.0 Å². The van der Waals surface area contributed by atoms with Crippen LogP contribution in [-0.4, -0.2) is 56.7 Å². The number of ether oxygens (including phenoxy) is 2. The van der Waals surface area contributed by atoms with Crippen molar-refractivity contribution in [1.82, 2.24) is 30.3 Å². The molecule has 2 aromatic heterocycles. The lowest BCUT2D eigenvalue weighted by Crippen LogP contribution is -2.25. The number of methoxy groups -OCH3 is 2. The summed E-state index contributed by atoms with van der Waals surface area (Å²) in [7, 11) is 3.09. The molecule has 0 aliphatic heterocycles. The molecule has 0 spiro atoms. The van der Waals surface area contributed by atoms with Crippen LogP contribution in [0.5, 0.6) is 11.5 Å². The Morgan fingerprint density at radius 3 is 2.63 bits per heavy atom. The number of anilines is 1. The third kappa shape index (κ3) is 6.62. The average molecular weight is 639 g/mol. The molecule has 0 saturated carbocycles. The van der Waals surface area contributed by atoms with Crippen molar-refractivity contribution < 1.29 is 19.1 Å². The van der Waals surface area contributed by atoms with Crippen molar-refractivity contribution in [1.29, 1.82) is 0 Å². The number of aromatic nitrogens is 5. The highest BCUT2D eigenvalue weighted by Crippen LogP contribution is 2.32. The smallest absolute Gasteiger partial charge is 0.253 e. The lowest BCUT2D eigenvalue weighted by atomic mass is 10.2. The van der Waals surface area contributed by atoms with Crippen LogP contribution in [-0.2, 0) is 11.3 Å². The lowest BCUT2D eigenvalue weighted by molar-refractivity contribution is -0.113. The fraction of sp³-hybridized carbons (Fsp3) is 0.217. The number of carbonyl (C=O) groups is 2. The van der Waals surface area contributed by atoms with Gasteiger partial charge in [-0.2, -0.15) is 0 Å². The van der Waals surface area contributed by atoms with Gasteiger partial charge in [-0.3, -0.25) is 19.5 Å². The van der Waals surface area contributed by atoms with Crippen LogP contribution in [0.15, 0.2) is 46.0 Å². The van der Waals surface area contributed by atoms with E-state index in [9.17, 15) is 9.59 Å². The van der Waals surface area contributed by atoms with Crippen molar-refractivity contribution in [3.8, 4) is 17.2 Å². The van der Waals surface area contributed by atoms with Crippen molar-refractivity contribution in [2.45, 2.75) is 18.6 Å². The van der Waals surface area contributed by atoms with Crippen LogP contribution < -0.4 is 20.1 Å². The molecule has 15 heteroatoms. The molecule has 2 amide bonds. The molecule has 0 fully saturated rings. The second-order valence-corrected chi connectivity index (χ2v) is 11.0. The maximum atomic E-state index is 12.9. The number of nitrogens with one attached hydrogen (secondary N) is 2. The van der Waals surface area contributed by atoms with Crippen LogP contribution in [0.3, 0.4) is 0 Å². The number of halogens is 2. The number of carbonyl (C=O) groups excluding carboxylic acids is 2. The molecule has 0 saturated heterocycles. The van der Waals surface area contributed by atoms with E-state index in [4.69, 9.17) is 21.1 Å². The van der Waals surface area contributed by atoms with Gasteiger partial charge in [-0.05, 0) is 37.3 Å². The minimum Gasteiger partial charge on any atom is -0.497 e. The average Bonchev–Trinajstić information content (AvgIpc) is 3.52. The lowest BCUT2D eigenvalue weighted by Gasteiger charge is -2.15. The number of hydrogen-bond donors (Lipinski definition) is 2. The zero-order valence-corrected chi connectivity index (χ0v) is 24.3. The number of benzene rings is 2. The summed E-state index contributed by atoms with van der Waals surface area (Å²) in [6, 6.07) is 10.3. The SMILES string of the molecule is COc1ccc(OC)c(-n2c(CNC(=O)c3cc(Br)ccc3Cl)nnc2SCC(=O)Nc2nnc(C)s2)c1. The molecular formula is C23H21BrClN7O4S2. The minimum atomic E-state index is -0.385. The molecule has 0 atom stereocenters. The van der Waals surface area contributed by atoms with Crippen molar-refractivity contribution >= 4 is 67.6 Å². The van der Waals surface area contributed by atoms with Gasteiger partial charge >= 0.3 is 0 Å². The summed E-state index contributed by atoms with van der Waals surface area (Å²) in [4.78, 5) is 25.4. The summed E-state index contributed by atoms with van der Waals surface area (Å²) in [5, 5.41) is 23.8. The van der Waals surface area contributed by atoms with Crippen LogP contribution in [0, 0.1) is 6.92 Å². The first-order chi connectivity index (χ1) is 18.3. The van der Waals surface area contributed by atoms with Crippen LogP contribution in [0.2, 0.25) is 5.02 Å². The van der Waals surface area contributed by atoms with Gasteiger partial charge in [0.25, 0.3) is 5.91 Å². The molecule has 0 aliphatic carbocycles.